The molecule has 0 bridgehead atoms. The number of hydroxylamine groups is 2. The molecule has 0 aromatic rings. The van der Waals surface area contributed by atoms with Gasteiger partial charge >= 0.3 is 0 Å². The van der Waals surface area contributed by atoms with Gasteiger partial charge in [0.05, 0.1) is 6.61 Å². The van der Waals surface area contributed by atoms with Crippen molar-refractivity contribution in [1.82, 2.24) is 5.23 Å². The molecule has 0 atom stereocenters. The van der Waals surface area contributed by atoms with Crippen molar-refractivity contribution in [3.8, 4) is 0 Å². The van der Waals surface area contributed by atoms with Crippen LogP contribution in [0.15, 0.2) is 0 Å². The Bertz CT molecular complexity index is 101. The fourth-order valence-electron chi connectivity index (χ4n) is 0.637. The summed E-state index contributed by atoms with van der Waals surface area (Å²) in [5, 5.41) is 11.6. The van der Waals surface area contributed by atoms with Crippen molar-refractivity contribution in [3.05, 3.63) is 5.21 Å². The van der Waals surface area contributed by atoms with Gasteiger partial charge in [0.15, 0.2) is 0 Å². The molecule has 0 N–H and O–H groups in total. The maximum Gasteiger partial charge on any atom is 0.0645 e. The molecule has 0 aromatic heterocycles. The van der Waals surface area contributed by atoms with Crippen molar-refractivity contribution in [3.63, 3.8) is 0 Å². The average molecular weight is 130 g/mol. The summed E-state index contributed by atoms with van der Waals surface area (Å²) in [4.78, 5) is 4.75. The molecule has 3 heteroatoms. The Morgan fingerprint density at radius 1 is 1.67 bits per heavy atom. The summed E-state index contributed by atoms with van der Waals surface area (Å²) in [7, 11) is 0. The summed E-state index contributed by atoms with van der Waals surface area (Å²) >= 11 is 0. The van der Waals surface area contributed by atoms with Gasteiger partial charge in [-0.05, 0) is 26.7 Å². The topological polar surface area (TPSA) is 35.5 Å². The Labute approximate surface area is 55.1 Å². The van der Waals surface area contributed by atoms with Crippen LogP contribution in [0, 0.1) is 5.21 Å². The van der Waals surface area contributed by atoms with Crippen LogP contribution in [0.5, 0.6) is 0 Å². The second-order valence-electron chi connectivity index (χ2n) is 2.67. The van der Waals surface area contributed by atoms with Gasteiger partial charge in [-0.1, -0.05) is 0 Å². The fraction of sp³-hybridized carbons (Fsp3) is 1.00. The zero-order valence-electron chi connectivity index (χ0n) is 5.89. The lowest BCUT2D eigenvalue weighted by atomic mass is 10.4. The molecule has 1 aliphatic carbocycles. The first-order chi connectivity index (χ1) is 4.19. The second kappa shape index (κ2) is 2.25. The Hall–Kier alpha value is -0.120. The molecule has 9 heavy (non-hydrogen) atoms. The highest BCUT2D eigenvalue weighted by molar-refractivity contribution is 4.97. The summed E-state index contributed by atoms with van der Waals surface area (Å²) in [5.41, 5.74) is -0.185. The molecule has 0 aromatic carbocycles. The fourth-order valence-corrected chi connectivity index (χ4v) is 0.637. The van der Waals surface area contributed by atoms with Crippen molar-refractivity contribution in [1.29, 1.82) is 0 Å². The maximum absolute atomic E-state index is 10.8. The van der Waals surface area contributed by atoms with Crippen molar-refractivity contribution in [2.45, 2.75) is 32.2 Å². The Balaban J connectivity index is 2.24. The van der Waals surface area contributed by atoms with Crippen LogP contribution >= 0.6 is 0 Å². The summed E-state index contributed by atoms with van der Waals surface area (Å²) in [6, 6.07) is 0. The molecule has 0 spiro atoms. The van der Waals surface area contributed by atoms with Crippen molar-refractivity contribution >= 4 is 0 Å². The molecule has 1 rings (SSSR count). The van der Waals surface area contributed by atoms with Gasteiger partial charge in [-0.15, -0.1) is 0 Å². The lowest BCUT2D eigenvalue weighted by Crippen LogP contribution is -2.29. The standard InChI is InChI=1S/C6H12NO2/c1-3-9-7(8)6(2)4-5-6/h3-5H2,1-2H3/q-1. The van der Waals surface area contributed by atoms with Crippen LogP contribution in [0.4, 0.5) is 0 Å². The van der Waals surface area contributed by atoms with Gasteiger partial charge in [-0.25, -0.2) is 0 Å². The molecule has 1 saturated carbocycles. The first kappa shape index (κ1) is 6.99. The largest absolute Gasteiger partial charge is 0.762 e. The molecule has 0 radical (unpaired) electrons. The minimum absolute atomic E-state index is 0.185. The van der Waals surface area contributed by atoms with Crippen LogP contribution in [0.1, 0.15) is 26.7 Å². The summed E-state index contributed by atoms with van der Waals surface area (Å²) in [6.07, 6.45) is 1.94. The molecule has 0 heterocycles. The number of rotatable bonds is 3. The summed E-state index contributed by atoms with van der Waals surface area (Å²) in [5.74, 6) is 0. The van der Waals surface area contributed by atoms with Gasteiger partial charge in [0.2, 0.25) is 0 Å². The molecular formula is C6H12NO2-. The Kier molecular flexibility index (Phi) is 1.75. The first-order valence-corrected chi connectivity index (χ1v) is 3.29. The molecule has 54 valence electrons. The lowest BCUT2D eigenvalue weighted by molar-refractivity contribution is -0.149. The van der Waals surface area contributed by atoms with E-state index in [2.05, 4.69) is 0 Å². The number of hydrogen-bond acceptors (Lipinski definition) is 3. The predicted molar refractivity (Wildman–Crippen MR) is 34.5 cm³/mol. The van der Waals surface area contributed by atoms with E-state index in [1.807, 2.05) is 13.8 Å². The monoisotopic (exact) mass is 130 g/mol. The molecule has 0 saturated heterocycles. The van der Waals surface area contributed by atoms with Crippen LogP contribution < -0.4 is 0 Å². The van der Waals surface area contributed by atoms with E-state index in [9.17, 15) is 5.21 Å². The number of nitrogens with zero attached hydrogens (tertiary/aromatic N) is 1. The molecule has 1 aliphatic rings. The van der Waals surface area contributed by atoms with Crippen LogP contribution in [0.25, 0.3) is 0 Å². The number of hydrogen-bond donors (Lipinski definition) is 0. The zero-order valence-corrected chi connectivity index (χ0v) is 5.89. The van der Waals surface area contributed by atoms with E-state index >= 15 is 0 Å². The second-order valence-corrected chi connectivity index (χ2v) is 2.67. The van der Waals surface area contributed by atoms with Crippen LogP contribution in [0.3, 0.4) is 0 Å². The summed E-state index contributed by atoms with van der Waals surface area (Å²) in [6.45, 7) is 4.20. The molecular weight excluding hydrogens is 118 g/mol. The molecule has 3 nitrogen and oxygen atoms in total. The molecule has 0 aliphatic heterocycles. The predicted octanol–water partition coefficient (Wildman–Crippen LogP) is 1.29. The Morgan fingerprint density at radius 3 is 2.56 bits per heavy atom. The minimum atomic E-state index is -0.185. The average Bonchev–Trinajstić information content (AvgIpc) is 2.50. The van der Waals surface area contributed by atoms with E-state index in [1.165, 1.54) is 0 Å². The van der Waals surface area contributed by atoms with Gasteiger partial charge in [0, 0.05) is 5.54 Å². The van der Waals surface area contributed by atoms with E-state index in [1.54, 1.807) is 0 Å². The lowest BCUT2D eigenvalue weighted by Gasteiger charge is -2.32. The van der Waals surface area contributed by atoms with Crippen molar-refractivity contribution < 1.29 is 4.84 Å². The zero-order chi connectivity index (χ0) is 6.91. The normalized spacial score (nSPS) is 22.7. The highest BCUT2D eigenvalue weighted by atomic mass is 16.9. The third kappa shape index (κ3) is 1.41. The minimum Gasteiger partial charge on any atom is -0.762 e. The smallest absolute Gasteiger partial charge is 0.0645 e. The van der Waals surface area contributed by atoms with Crippen LogP contribution in [-0.4, -0.2) is 17.4 Å². The summed E-state index contributed by atoms with van der Waals surface area (Å²) < 4.78 is 0. The molecule has 0 amide bonds. The third-order valence-corrected chi connectivity index (χ3v) is 1.66. The molecule has 1 fully saturated rings. The van der Waals surface area contributed by atoms with E-state index in [4.69, 9.17) is 4.84 Å². The van der Waals surface area contributed by atoms with Crippen molar-refractivity contribution in [2.24, 2.45) is 0 Å². The highest BCUT2D eigenvalue weighted by Gasteiger charge is 2.39. The first-order valence-electron chi connectivity index (χ1n) is 3.29. The van der Waals surface area contributed by atoms with Gasteiger partial charge < -0.3 is 10.0 Å². The molecule has 0 unspecified atom stereocenters. The van der Waals surface area contributed by atoms with Crippen LogP contribution in [-0.2, 0) is 4.84 Å². The van der Waals surface area contributed by atoms with Gasteiger partial charge in [0.1, 0.15) is 0 Å². The van der Waals surface area contributed by atoms with E-state index < -0.39 is 0 Å². The van der Waals surface area contributed by atoms with E-state index in [0.717, 1.165) is 18.1 Å². The Morgan fingerprint density at radius 2 is 2.22 bits per heavy atom. The van der Waals surface area contributed by atoms with E-state index in [0.29, 0.717) is 6.61 Å². The van der Waals surface area contributed by atoms with E-state index in [-0.39, 0.29) is 5.54 Å². The van der Waals surface area contributed by atoms with Crippen LogP contribution in [0.2, 0.25) is 0 Å². The maximum atomic E-state index is 10.8. The highest BCUT2D eigenvalue weighted by Crippen LogP contribution is 2.40. The quantitative estimate of drug-likeness (QED) is 0.540. The van der Waals surface area contributed by atoms with Gasteiger partial charge in [-0.2, -0.15) is 0 Å². The van der Waals surface area contributed by atoms with Crippen molar-refractivity contribution in [2.75, 3.05) is 6.61 Å². The van der Waals surface area contributed by atoms with Gasteiger partial charge in [-0.3, -0.25) is 5.23 Å². The van der Waals surface area contributed by atoms with Gasteiger partial charge in [0.25, 0.3) is 0 Å². The third-order valence-electron chi connectivity index (χ3n) is 1.66. The SMILES string of the molecule is CCON([O-])C1(C)CC1.